The van der Waals surface area contributed by atoms with Crippen molar-refractivity contribution < 1.29 is 13.9 Å². The maximum atomic E-state index is 11.0. The van der Waals surface area contributed by atoms with Crippen LogP contribution in [-0.4, -0.2) is 36.3 Å². The van der Waals surface area contributed by atoms with Crippen molar-refractivity contribution in [1.82, 2.24) is 20.8 Å². The molecule has 4 rings (SSSR count). The van der Waals surface area contributed by atoms with Gasteiger partial charge in [-0.3, -0.25) is 4.79 Å². The van der Waals surface area contributed by atoms with Crippen LogP contribution in [0.3, 0.4) is 0 Å². The molecular formula is C27H29N5O3. The Labute approximate surface area is 204 Å². The minimum absolute atomic E-state index is 0.0388. The van der Waals surface area contributed by atoms with E-state index < -0.39 is 0 Å². The van der Waals surface area contributed by atoms with Crippen molar-refractivity contribution in [2.45, 2.75) is 20.4 Å². The first-order valence-corrected chi connectivity index (χ1v) is 11.4. The second-order valence-electron chi connectivity index (χ2n) is 8.07. The SMILES string of the molecule is COc1cc(Nc2nnc(-c3cccc(-c4ccccc4)c3C)o2)ccc1CNCCNC(C)=O. The molecule has 0 aliphatic carbocycles. The molecule has 0 aliphatic heterocycles. The molecule has 8 heteroatoms. The molecule has 0 saturated carbocycles. The minimum Gasteiger partial charge on any atom is -0.496 e. The van der Waals surface area contributed by atoms with Gasteiger partial charge in [0.25, 0.3) is 0 Å². The van der Waals surface area contributed by atoms with Gasteiger partial charge in [0, 0.05) is 49.4 Å². The summed E-state index contributed by atoms with van der Waals surface area (Å²) in [6, 6.07) is 22.4. The molecule has 0 bridgehead atoms. The van der Waals surface area contributed by atoms with E-state index in [9.17, 15) is 4.79 Å². The summed E-state index contributed by atoms with van der Waals surface area (Å²) in [5.74, 6) is 1.14. The van der Waals surface area contributed by atoms with Gasteiger partial charge in [0.1, 0.15) is 5.75 Å². The number of benzene rings is 3. The average Bonchev–Trinajstić information content (AvgIpc) is 3.33. The molecule has 0 fully saturated rings. The Morgan fingerprint density at radius 3 is 2.54 bits per heavy atom. The summed E-state index contributed by atoms with van der Waals surface area (Å²) in [7, 11) is 1.63. The summed E-state index contributed by atoms with van der Waals surface area (Å²) in [5.41, 5.74) is 6.01. The molecule has 0 atom stereocenters. The molecule has 1 amide bonds. The van der Waals surface area contributed by atoms with Crippen LogP contribution >= 0.6 is 0 Å². The number of aromatic nitrogens is 2. The topological polar surface area (TPSA) is 101 Å². The van der Waals surface area contributed by atoms with Gasteiger partial charge in [0.2, 0.25) is 11.8 Å². The summed E-state index contributed by atoms with van der Waals surface area (Å²) in [5, 5.41) is 17.6. The minimum atomic E-state index is -0.0388. The van der Waals surface area contributed by atoms with Crippen LogP contribution in [0.4, 0.5) is 11.7 Å². The van der Waals surface area contributed by atoms with E-state index in [0.717, 1.165) is 39.3 Å². The number of ether oxygens (including phenoxy) is 1. The number of carbonyl (C=O) groups is 1. The third-order valence-electron chi connectivity index (χ3n) is 5.60. The quantitative estimate of drug-likeness (QED) is 0.289. The Balaban J connectivity index is 1.45. The maximum Gasteiger partial charge on any atom is 0.320 e. The fourth-order valence-electron chi connectivity index (χ4n) is 3.82. The summed E-state index contributed by atoms with van der Waals surface area (Å²) < 4.78 is 11.5. The van der Waals surface area contributed by atoms with E-state index in [2.05, 4.69) is 51.3 Å². The van der Waals surface area contributed by atoms with Crippen LogP contribution in [0, 0.1) is 6.92 Å². The van der Waals surface area contributed by atoms with E-state index in [1.54, 1.807) is 7.11 Å². The number of anilines is 2. The molecule has 0 aliphatic rings. The van der Waals surface area contributed by atoms with Crippen molar-refractivity contribution in [2.75, 3.05) is 25.5 Å². The van der Waals surface area contributed by atoms with Gasteiger partial charge >= 0.3 is 6.01 Å². The smallest absolute Gasteiger partial charge is 0.320 e. The third kappa shape index (κ3) is 6.04. The van der Waals surface area contributed by atoms with Crippen LogP contribution in [0.2, 0.25) is 0 Å². The lowest BCUT2D eigenvalue weighted by molar-refractivity contribution is -0.118. The Hall–Kier alpha value is -4.17. The van der Waals surface area contributed by atoms with Crippen molar-refractivity contribution >= 4 is 17.6 Å². The lowest BCUT2D eigenvalue weighted by atomic mass is 9.96. The van der Waals surface area contributed by atoms with Crippen molar-refractivity contribution in [3.63, 3.8) is 0 Å². The number of nitrogens with zero attached hydrogens (tertiary/aromatic N) is 2. The largest absolute Gasteiger partial charge is 0.496 e. The van der Waals surface area contributed by atoms with Crippen LogP contribution in [-0.2, 0) is 11.3 Å². The zero-order chi connectivity index (χ0) is 24.6. The van der Waals surface area contributed by atoms with E-state index in [1.165, 1.54) is 6.92 Å². The third-order valence-corrected chi connectivity index (χ3v) is 5.60. The van der Waals surface area contributed by atoms with Crippen LogP contribution in [0.15, 0.2) is 71.1 Å². The average molecular weight is 472 g/mol. The zero-order valence-electron chi connectivity index (χ0n) is 20.1. The summed E-state index contributed by atoms with van der Waals surface area (Å²) >= 11 is 0. The molecule has 3 N–H and O–H groups in total. The van der Waals surface area contributed by atoms with Crippen LogP contribution < -0.4 is 20.7 Å². The molecule has 4 aromatic rings. The van der Waals surface area contributed by atoms with Crippen LogP contribution in [0.5, 0.6) is 5.75 Å². The molecular weight excluding hydrogens is 442 g/mol. The standard InChI is InChI=1S/C27H29N5O3/c1-18-23(20-8-5-4-6-9-20)10-7-11-24(18)26-31-32-27(35-26)30-22-13-12-21(25(16-22)34-3)17-28-14-15-29-19(2)33/h4-13,16,28H,14-15,17H2,1-3H3,(H,29,33)(H,30,32). The Morgan fingerprint density at radius 1 is 0.971 bits per heavy atom. The van der Waals surface area contributed by atoms with Gasteiger partial charge in [-0.25, -0.2) is 0 Å². The fraction of sp³-hybridized carbons (Fsp3) is 0.222. The van der Waals surface area contributed by atoms with Crippen molar-refractivity contribution in [2.24, 2.45) is 0 Å². The number of methoxy groups -OCH3 is 1. The van der Waals surface area contributed by atoms with E-state index in [1.807, 2.05) is 48.5 Å². The molecule has 8 nitrogen and oxygen atoms in total. The highest BCUT2D eigenvalue weighted by Gasteiger charge is 2.14. The Bertz CT molecular complexity index is 1290. The second kappa shape index (κ2) is 11.3. The molecule has 0 unspecified atom stereocenters. The first kappa shape index (κ1) is 24.0. The van der Waals surface area contributed by atoms with Gasteiger partial charge in [0.05, 0.1) is 7.11 Å². The zero-order valence-corrected chi connectivity index (χ0v) is 20.1. The maximum absolute atomic E-state index is 11.0. The fourth-order valence-corrected chi connectivity index (χ4v) is 3.82. The number of hydrogen-bond donors (Lipinski definition) is 3. The summed E-state index contributed by atoms with van der Waals surface area (Å²) in [6.07, 6.45) is 0. The highest BCUT2D eigenvalue weighted by Crippen LogP contribution is 2.32. The molecule has 0 spiro atoms. The van der Waals surface area contributed by atoms with Crippen LogP contribution in [0.25, 0.3) is 22.6 Å². The highest BCUT2D eigenvalue weighted by atomic mass is 16.5. The van der Waals surface area contributed by atoms with Gasteiger partial charge in [-0.15, -0.1) is 5.10 Å². The monoisotopic (exact) mass is 471 g/mol. The van der Waals surface area contributed by atoms with Gasteiger partial charge in [-0.05, 0) is 35.7 Å². The van der Waals surface area contributed by atoms with Gasteiger partial charge in [0.15, 0.2) is 0 Å². The number of amides is 1. The van der Waals surface area contributed by atoms with E-state index in [0.29, 0.717) is 31.5 Å². The van der Waals surface area contributed by atoms with Gasteiger partial charge < -0.3 is 25.1 Å². The van der Waals surface area contributed by atoms with E-state index >= 15 is 0 Å². The van der Waals surface area contributed by atoms with Crippen molar-refractivity contribution in [3.05, 3.63) is 77.9 Å². The predicted molar refractivity (Wildman–Crippen MR) is 137 cm³/mol. The molecule has 3 aromatic carbocycles. The van der Waals surface area contributed by atoms with Crippen molar-refractivity contribution in [1.29, 1.82) is 0 Å². The van der Waals surface area contributed by atoms with Crippen molar-refractivity contribution in [3.8, 4) is 28.3 Å². The molecule has 180 valence electrons. The molecule has 1 aromatic heterocycles. The number of carbonyl (C=O) groups excluding carboxylic acids is 1. The van der Waals surface area contributed by atoms with Crippen LogP contribution in [0.1, 0.15) is 18.1 Å². The van der Waals surface area contributed by atoms with E-state index in [-0.39, 0.29) is 5.91 Å². The lowest BCUT2D eigenvalue weighted by Crippen LogP contribution is -2.29. The van der Waals surface area contributed by atoms with Gasteiger partial charge in [-0.2, -0.15) is 0 Å². The molecule has 0 radical (unpaired) electrons. The first-order chi connectivity index (χ1) is 17.0. The first-order valence-electron chi connectivity index (χ1n) is 11.4. The number of rotatable bonds is 10. The Morgan fingerprint density at radius 2 is 1.77 bits per heavy atom. The lowest BCUT2D eigenvalue weighted by Gasteiger charge is -2.12. The normalized spacial score (nSPS) is 10.7. The summed E-state index contributed by atoms with van der Waals surface area (Å²) in [6.45, 7) is 5.42. The van der Waals surface area contributed by atoms with E-state index in [4.69, 9.17) is 9.15 Å². The highest BCUT2D eigenvalue weighted by molar-refractivity contribution is 5.75. The van der Waals surface area contributed by atoms with Gasteiger partial charge in [-0.1, -0.05) is 53.6 Å². The molecule has 35 heavy (non-hydrogen) atoms. The number of hydrogen-bond acceptors (Lipinski definition) is 7. The predicted octanol–water partition coefficient (Wildman–Crippen LogP) is 4.69. The number of nitrogens with one attached hydrogen (secondary N) is 3. The Kier molecular flexibility index (Phi) is 7.74. The second-order valence-corrected chi connectivity index (χ2v) is 8.07. The molecule has 1 heterocycles. The summed E-state index contributed by atoms with van der Waals surface area (Å²) in [4.78, 5) is 11.0. The molecule has 0 saturated heterocycles.